The minimum absolute atomic E-state index is 0.213. The van der Waals surface area contributed by atoms with Crippen LogP contribution in [0.3, 0.4) is 0 Å². The molecule has 0 heterocycles. The van der Waals surface area contributed by atoms with E-state index in [1.165, 1.54) is 25.7 Å². The predicted molar refractivity (Wildman–Crippen MR) is 73.1 cm³/mol. The van der Waals surface area contributed by atoms with Gasteiger partial charge in [-0.25, -0.2) is 0 Å². The van der Waals surface area contributed by atoms with Crippen LogP contribution in [0, 0.1) is 5.92 Å². The Morgan fingerprint density at radius 2 is 2.18 bits per heavy atom. The molecule has 1 rings (SSSR count). The Labute approximate surface area is 107 Å². The lowest BCUT2D eigenvalue weighted by atomic mass is 9.74. The average molecular weight is 242 g/mol. The molecule has 1 aliphatic carbocycles. The molecule has 102 valence electrons. The second kappa shape index (κ2) is 6.72. The first kappa shape index (κ1) is 14.9. The van der Waals surface area contributed by atoms with Crippen molar-refractivity contribution in [1.82, 2.24) is 4.90 Å². The number of rotatable bonds is 6. The molecule has 0 aliphatic heterocycles. The zero-order valence-electron chi connectivity index (χ0n) is 12.0. The smallest absolute Gasteiger partial charge is 0.0590 e. The largest absolute Gasteiger partial charge is 0.383 e. The molecule has 3 heteroatoms. The van der Waals surface area contributed by atoms with E-state index in [2.05, 4.69) is 25.7 Å². The maximum atomic E-state index is 6.13. The van der Waals surface area contributed by atoms with Crippen LogP contribution in [0.15, 0.2) is 0 Å². The molecular weight excluding hydrogens is 212 g/mol. The molecule has 0 aromatic rings. The third-order valence-electron chi connectivity index (χ3n) is 4.22. The molecule has 0 bridgehead atoms. The van der Waals surface area contributed by atoms with Gasteiger partial charge in [0.1, 0.15) is 0 Å². The summed E-state index contributed by atoms with van der Waals surface area (Å²) in [5.41, 5.74) is 6.34. The third-order valence-corrected chi connectivity index (χ3v) is 4.22. The van der Waals surface area contributed by atoms with Gasteiger partial charge in [0.2, 0.25) is 0 Å². The van der Waals surface area contributed by atoms with Crippen LogP contribution in [0.4, 0.5) is 0 Å². The summed E-state index contributed by atoms with van der Waals surface area (Å²) in [6.07, 6.45) is 5.16. The van der Waals surface area contributed by atoms with E-state index in [-0.39, 0.29) is 5.54 Å². The highest BCUT2D eigenvalue weighted by Gasteiger charge is 2.39. The van der Waals surface area contributed by atoms with E-state index < -0.39 is 0 Å². The van der Waals surface area contributed by atoms with Gasteiger partial charge in [-0.05, 0) is 32.6 Å². The molecule has 3 nitrogen and oxygen atoms in total. The molecule has 1 fully saturated rings. The van der Waals surface area contributed by atoms with Crippen LogP contribution in [0.1, 0.15) is 46.5 Å². The molecule has 0 aromatic heterocycles. The van der Waals surface area contributed by atoms with E-state index in [1.807, 2.05) is 0 Å². The molecule has 0 saturated heterocycles. The minimum Gasteiger partial charge on any atom is -0.383 e. The first-order chi connectivity index (χ1) is 8.05. The second-order valence-corrected chi connectivity index (χ2v) is 5.91. The van der Waals surface area contributed by atoms with Gasteiger partial charge in [0.25, 0.3) is 0 Å². The third kappa shape index (κ3) is 3.67. The van der Waals surface area contributed by atoms with Gasteiger partial charge in [0, 0.05) is 31.8 Å². The van der Waals surface area contributed by atoms with Crippen LogP contribution in [0.2, 0.25) is 0 Å². The first-order valence-corrected chi connectivity index (χ1v) is 7.01. The zero-order chi connectivity index (χ0) is 12.9. The molecule has 2 unspecified atom stereocenters. The van der Waals surface area contributed by atoms with E-state index in [0.29, 0.717) is 6.04 Å². The Hall–Kier alpha value is -0.120. The van der Waals surface area contributed by atoms with Gasteiger partial charge < -0.3 is 10.5 Å². The highest BCUT2D eigenvalue weighted by molar-refractivity contribution is 4.97. The van der Waals surface area contributed by atoms with Crippen molar-refractivity contribution < 1.29 is 4.74 Å². The topological polar surface area (TPSA) is 38.5 Å². The Balaban J connectivity index is 2.78. The molecule has 0 amide bonds. The van der Waals surface area contributed by atoms with Gasteiger partial charge in [-0.1, -0.05) is 19.8 Å². The highest BCUT2D eigenvalue weighted by atomic mass is 16.5. The summed E-state index contributed by atoms with van der Waals surface area (Å²) in [4.78, 5) is 2.58. The van der Waals surface area contributed by atoms with Gasteiger partial charge in [0.15, 0.2) is 0 Å². The van der Waals surface area contributed by atoms with E-state index in [1.54, 1.807) is 7.11 Å². The first-order valence-electron chi connectivity index (χ1n) is 7.01. The number of nitrogens with zero attached hydrogens (tertiary/aromatic N) is 1. The van der Waals surface area contributed by atoms with E-state index in [9.17, 15) is 0 Å². The van der Waals surface area contributed by atoms with Gasteiger partial charge in [-0.3, -0.25) is 4.90 Å². The molecule has 0 radical (unpaired) electrons. The number of methoxy groups -OCH3 is 1. The molecule has 17 heavy (non-hydrogen) atoms. The van der Waals surface area contributed by atoms with Crippen LogP contribution >= 0.6 is 0 Å². The fourth-order valence-electron chi connectivity index (χ4n) is 3.43. The second-order valence-electron chi connectivity index (χ2n) is 5.91. The van der Waals surface area contributed by atoms with Crippen molar-refractivity contribution in [3.63, 3.8) is 0 Å². The Bertz CT molecular complexity index is 220. The normalized spacial score (nSPS) is 30.2. The molecule has 0 spiro atoms. The summed E-state index contributed by atoms with van der Waals surface area (Å²) < 4.78 is 5.25. The quantitative estimate of drug-likeness (QED) is 0.776. The van der Waals surface area contributed by atoms with Crippen LogP contribution in [0.5, 0.6) is 0 Å². The van der Waals surface area contributed by atoms with Crippen molar-refractivity contribution in [3.05, 3.63) is 0 Å². The zero-order valence-corrected chi connectivity index (χ0v) is 12.0. The Morgan fingerprint density at radius 3 is 2.65 bits per heavy atom. The fourth-order valence-corrected chi connectivity index (χ4v) is 3.43. The number of hydrogen-bond donors (Lipinski definition) is 1. The van der Waals surface area contributed by atoms with Crippen molar-refractivity contribution in [1.29, 1.82) is 0 Å². The van der Waals surface area contributed by atoms with Crippen LogP contribution < -0.4 is 5.73 Å². The van der Waals surface area contributed by atoms with Crippen molar-refractivity contribution in [2.24, 2.45) is 11.7 Å². The van der Waals surface area contributed by atoms with E-state index in [0.717, 1.165) is 25.6 Å². The fraction of sp³-hybridized carbons (Fsp3) is 1.00. The number of ether oxygens (including phenoxy) is 1. The Morgan fingerprint density at radius 1 is 1.47 bits per heavy atom. The molecular formula is C14H30N2O. The van der Waals surface area contributed by atoms with Crippen molar-refractivity contribution in [2.75, 3.05) is 26.8 Å². The summed E-state index contributed by atoms with van der Waals surface area (Å²) in [5, 5.41) is 0. The maximum absolute atomic E-state index is 6.13. The monoisotopic (exact) mass is 242 g/mol. The molecule has 1 saturated carbocycles. The molecule has 0 aromatic carbocycles. The van der Waals surface area contributed by atoms with Crippen LogP contribution in [-0.4, -0.2) is 43.3 Å². The predicted octanol–water partition coefficient (Wildman–Crippen LogP) is 2.25. The van der Waals surface area contributed by atoms with E-state index in [4.69, 9.17) is 10.5 Å². The summed E-state index contributed by atoms with van der Waals surface area (Å²) in [7, 11) is 1.77. The van der Waals surface area contributed by atoms with Gasteiger partial charge in [-0.15, -0.1) is 0 Å². The number of hydrogen-bond acceptors (Lipinski definition) is 3. The highest BCUT2D eigenvalue weighted by Crippen LogP contribution is 2.37. The maximum Gasteiger partial charge on any atom is 0.0590 e. The number of nitrogens with two attached hydrogens (primary N) is 1. The molecule has 2 N–H and O–H groups in total. The lowest BCUT2D eigenvalue weighted by molar-refractivity contribution is -0.00195. The SMILES string of the molecule is COCCN(C(C)C)C1(CN)CCCC(C)C1. The van der Waals surface area contributed by atoms with Gasteiger partial charge in [0.05, 0.1) is 6.61 Å². The van der Waals surface area contributed by atoms with Crippen molar-refractivity contribution in [3.8, 4) is 0 Å². The van der Waals surface area contributed by atoms with Crippen LogP contribution in [-0.2, 0) is 4.74 Å². The average Bonchev–Trinajstić information content (AvgIpc) is 2.29. The lowest BCUT2D eigenvalue weighted by Gasteiger charge is -2.49. The summed E-state index contributed by atoms with van der Waals surface area (Å²) in [5.74, 6) is 0.802. The van der Waals surface area contributed by atoms with Gasteiger partial charge in [-0.2, -0.15) is 0 Å². The standard InChI is InChI=1S/C14H30N2O/c1-12(2)16(8-9-17-4)14(11-15)7-5-6-13(3)10-14/h12-13H,5-11,15H2,1-4H3. The Kier molecular flexibility index (Phi) is 5.90. The van der Waals surface area contributed by atoms with Gasteiger partial charge >= 0.3 is 0 Å². The van der Waals surface area contributed by atoms with Crippen molar-refractivity contribution in [2.45, 2.75) is 58.0 Å². The summed E-state index contributed by atoms with van der Waals surface area (Å²) in [6, 6.07) is 0.541. The minimum atomic E-state index is 0.213. The van der Waals surface area contributed by atoms with Crippen LogP contribution in [0.25, 0.3) is 0 Å². The van der Waals surface area contributed by atoms with Crippen molar-refractivity contribution >= 4 is 0 Å². The summed E-state index contributed by atoms with van der Waals surface area (Å²) >= 11 is 0. The van der Waals surface area contributed by atoms with E-state index >= 15 is 0 Å². The molecule has 1 aliphatic rings. The lowest BCUT2D eigenvalue weighted by Crippen LogP contribution is -2.59. The summed E-state index contributed by atoms with van der Waals surface area (Å²) in [6.45, 7) is 9.47. The molecule has 2 atom stereocenters.